The number of aliphatic hydroxyl groups excluding tert-OH is 1. The molecule has 0 fully saturated rings. The van der Waals surface area contributed by atoms with Crippen molar-refractivity contribution in [3.05, 3.63) is 29.8 Å². The van der Waals surface area contributed by atoms with Crippen LogP contribution in [0.25, 0.3) is 0 Å². The third-order valence-corrected chi connectivity index (χ3v) is 2.61. The third kappa shape index (κ3) is 3.38. The molecule has 0 heterocycles. The van der Waals surface area contributed by atoms with Crippen LogP contribution in [0.15, 0.2) is 29.2 Å². The van der Waals surface area contributed by atoms with Gasteiger partial charge in [0.25, 0.3) is 0 Å². The summed E-state index contributed by atoms with van der Waals surface area (Å²) in [5.41, 5.74) is 6.07. The zero-order chi connectivity index (χ0) is 9.84. The Hall–Kier alpha value is -0.510. The van der Waals surface area contributed by atoms with E-state index >= 15 is 0 Å². The Kier molecular flexibility index (Phi) is 3.78. The van der Waals surface area contributed by atoms with Gasteiger partial charge in [-0.15, -0.1) is 11.8 Å². The topological polar surface area (TPSA) is 46.2 Å². The highest BCUT2D eigenvalue weighted by atomic mass is 32.2. The lowest BCUT2D eigenvalue weighted by molar-refractivity contribution is 0.186. The molecule has 0 saturated carbocycles. The van der Waals surface area contributed by atoms with Crippen molar-refractivity contribution in [3.8, 4) is 0 Å². The van der Waals surface area contributed by atoms with Crippen LogP contribution < -0.4 is 5.73 Å². The number of hydrogen-bond acceptors (Lipinski definition) is 3. The van der Waals surface area contributed by atoms with Gasteiger partial charge in [0.15, 0.2) is 0 Å². The molecule has 0 bridgehead atoms. The fourth-order valence-electron chi connectivity index (χ4n) is 1.02. The van der Waals surface area contributed by atoms with E-state index in [4.69, 9.17) is 10.8 Å². The summed E-state index contributed by atoms with van der Waals surface area (Å²) in [6, 6.07) is 7.68. The maximum absolute atomic E-state index is 9.07. The Bertz CT molecular complexity index is 256. The predicted molar refractivity (Wildman–Crippen MR) is 56.6 cm³/mol. The van der Waals surface area contributed by atoms with Crippen molar-refractivity contribution in [2.24, 2.45) is 5.73 Å². The molecule has 0 aliphatic carbocycles. The predicted octanol–water partition coefficient (Wildman–Crippen LogP) is 2.14. The highest BCUT2D eigenvalue weighted by molar-refractivity contribution is 7.99. The summed E-state index contributed by atoms with van der Waals surface area (Å²) in [7, 11) is 0. The van der Waals surface area contributed by atoms with Gasteiger partial charge in [0, 0.05) is 10.1 Å². The molecule has 1 aromatic carbocycles. The molecule has 0 aliphatic rings. The third-order valence-electron chi connectivity index (χ3n) is 1.59. The van der Waals surface area contributed by atoms with E-state index in [-0.39, 0.29) is 0 Å². The quantitative estimate of drug-likeness (QED) is 0.576. The fraction of sp³-hybridized carbons (Fsp3) is 0.400. The average Bonchev–Trinajstić information content (AvgIpc) is 2.04. The normalized spacial score (nSPS) is 13.3. The van der Waals surface area contributed by atoms with Crippen LogP contribution in [0.5, 0.6) is 0 Å². The van der Waals surface area contributed by atoms with Crippen LogP contribution in [0.3, 0.4) is 0 Å². The minimum absolute atomic E-state index is 0.577. The molecule has 3 N–H and O–H groups in total. The zero-order valence-corrected chi connectivity index (χ0v) is 8.71. The van der Waals surface area contributed by atoms with Crippen LogP contribution >= 0.6 is 11.8 Å². The number of aliphatic hydroxyl groups is 1. The summed E-state index contributed by atoms with van der Waals surface area (Å²) in [6.45, 7) is 4.30. The van der Waals surface area contributed by atoms with Crippen molar-refractivity contribution in [1.82, 2.24) is 0 Å². The van der Waals surface area contributed by atoms with E-state index in [1.807, 2.05) is 24.3 Å². The fourth-order valence-corrected chi connectivity index (χ4v) is 1.85. The number of hydrogen-bond donors (Lipinski definition) is 2. The Labute approximate surface area is 83.1 Å². The highest BCUT2D eigenvalue weighted by Gasteiger charge is 2.01. The van der Waals surface area contributed by atoms with Crippen LogP contribution in [0, 0.1) is 0 Å². The summed E-state index contributed by atoms with van der Waals surface area (Å²) >= 11 is 1.80. The van der Waals surface area contributed by atoms with E-state index in [1.54, 1.807) is 11.8 Å². The number of benzene rings is 1. The van der Waals surface area contributed by atoms with Gasteiger partial charge in [-0.1, -0.05) is 26.0 Å². The number of nitrogens with two attached hydrogens (primary N) is 1. The van der Waals surface area contributed by atoms with E-state index in [1.165, 1.54) is 4.90 Å². The molecule has 0 amide bonds. The molecule has 13 heavy (non-hydrogen) atoms. The first kappa shape index (κ1) is 10.6. The van der Waals surface area contributed by atoms with Gasteiger partial charge in [-0.25, -0.2) is 0 Å². The molecule has 0 aromatic heterocycles. The molecule has 1 rings (SSSR count). The van der Waals surface area contributed by atoms with Gasteiger partial charge in [-0.3, -0.25) is 0 Å². The average molecular weight is 197 g/mol. The van der Waals surface area contributed by atoms with E-state index in [0.717, 1.165) is 5.56 Å². The van der Waals surface area contributed by atoms with Crippen molar-refractivity contribution < 1.29 is 5.11 Å². The molecule has 72 valence electrons. The van der Waals surface area contributed by atoms with Crippen molar-refractivity contribution in [1.29, 1.82) is 0 Å². The lowest BCUT2D eigenvalue weighted by atomic mass is 10.2. The van der Waals surface area contributed by atoms with E-state index in [2.05, 4.69) is 13.8 Å². The molecule has 3 heteroatoms. The maximum atomic E-state index is 9.07. The Balaban J connectivity index is 2.70. The second-order valence-electron chi connectivity index (χ2n) is 3.18. The van der Waals surface area contributed by atoms with E-state index in [0.29, 0.717) is 5.25 Å². The van der Waals surface area contributed by atoms with E-state index in [9.17, 15) is 0 Å². The molecule has 2 nitrogen and oxygen atoms in total. The van der Waals surface area contributed by atoms with Crippen molar-refractivity contribution in [2.45, 2.75) is 30.2 Å². The minimum Gasteiger partial charge on any atom is -0.375 e. The van der Waals surface area contributed by atoms with Gasteiger partial charge in [0.05, 0.1) is 0 Å². The SMILES string of the molecule is CC(C)Sc1ccc(C(N)O)cc1. The van der Waals surface area contributed by atoms with Gasteiger partial charge in [0.2, 0.25) is 0 Å². The van der Waals surface area contributed by atoms with Crippen molar-refractivity contribution in [3.63, 3.8) is 0 Å². The van der Waals surface area contributed by atoms with Crippen LogP contribution in [0.2, 0.25) is 0 Å². The Morgan fingerprint density at radius 3 is 2.15 bits per heavy atom. The van der Waals surface area contributed by atoms with Crippen molar-refractivity contribution >= 4 is 11.8 Å². The van der Waals surface area contributed by atoms with Gasteiger partial charge in [0.1, 0.15) is 6.23 Å². The van der Waals surface area contributed by atoms with Gasteiger partial charge in [-0.2, -0.15) is 0 Å². The Morgan fingerprint density at radius 2 is 1.77 bits per heavy atom. The summed E-state index contributed by atoms with van der Waals surface area (Å²) < 4.78 is 0. The zero-order valence-electron chi connectivity index (χ0n) is 7.90. The molecular weight excluding hydrogens is 182 g/mol. The van der Waals surface area contributed by atoms with Crippen LogP contribution in [0.4, 0.5) is 0 Å². The maximum Gasteiger partial charge on any atom is 0.128 e. The molecule has 0 aliphatic heterocycles. The lowest BCUT2D eigenvalue weighted by Crippen LogP contribution is -2.07. The Morgan fingerprint density at radius 1 is 1.23 bits per heavy atom. The molecule has 1 atom stereocenters. The first-order valence-electron chi connectivity index (χ1n) is 4.30. The van der Waals surface area contributed by atoms with Crippen LogP contribution in [-0.2, 0) is 0 Å². The largest absolute Gasteiger partial charge is 0.375 e. The lowest BCUT2D eigenvalue weighted by Gasteiger charge is -2.07. The molecular formula is C10H15NOS. The molecule has 1 unspecified atom stereocenters. The van der Waals surface area contributed by atoms with E-state index < -0.39 is 6.23 Å². The molecule has 0 radical (unpaired) electrons. The molecule has 1 aromatic rings. The summed E-state index contributed by atoms with van der Waals surface area (Å²) in [5.74, 6) is 0. The molecule has 0 saturated heterocycles. The smallest absolute Gasteiger partial charge is 0.128 e. The number of thioether (sulfide) groups is 1. The summed E-state index contributed by atoms with van der Waals surface area (Å²) in [5, 5.41) is 9.64. The van der Waals surface area contributed by atoms with Gasteiger partial charge in [-0.05, 0) is 17.7 Å². The first-order chi connectivity index (χ1) is 6.09. The standard InChI is InChI=1S/C10H15NOS/c1-7(2)13-9-5-3-8(4-6-9)10(11)12/h3-7,10,12H,11H2,1-2H3. The van der Waals surface area contributed by atoms with Gasteiger partial charge < -0.3 is 10.8 Å². The molecule has 0 spiro atoms. The first-order valence-corrected chi connectivity index (χ1v) is 5.18. The summed E-state index contributed by atoms with van der Waals surface area (Å²) in [6.07, 6.45) is -0.863. The van der Waals surface area contributed by atoms with Crippen LogP contribution in [0.1, 0.15) is 25.6 Å². The second kappa shape index (κ2) is 4.65. The minimum atomic E-state index is -0.863. The monoisotopic (exact) mass is 197 g/mol. The highest BCUT2D eigenvalue weighted by Crippen LogP contribution is 2.23. The van der Waals surface area contributed by atoms with Gasteiger partial charge >= 0.3 is 0 Å². The second-order valence-corrected chi connectivity index (χ2v) is 4.83. The van der Waals surface area contributed by atoms with Crippen LogP contribution in [-0.4, -0.2) is 10.4 Å². The van der Waals surface area contributed by atoms with Crippen molar-refractivity contribution in [2.75, 3.05) is 0 Å². The summed E-state index contributed by atoms with van der Waals surface area (Å²) in [4.78, 5) is 1.21. The number of rotatable bonds is 3.